The van der Waals surface area contributed by atoms with Crippen molar-refractivity contribution in [3.05, 3.63) is 65.6 Å². The van der Waals surface area contributed by atoms with Gasteiger partial charge in [-0.15, -0.1) is 10.2 Å². The number of rotatable bonds is 15. The van der Waals surface area contributed by atoms with Gasteiger partial charge in [-0.2, -0.15) is 5.10 Å². The molecule has 4 aromatic rings. The number of hydrogen-bond acceptors (Lipinski definition) is 14. The second-order valence-corrected chi connectivity index (χ2v) is 12.7. The highest BCUT2D eigenvalue weighted by Crippen LogP contribution is 2.37. The highest BCUT2D eigenvalue weighted by molar-refractivity contribution is 6.25. The van der Waals surface area contributed by atoms with E-state index in [2.05, 4.69) is 52.2 Å². The van der Waals surface area contributed by atoms with E-state index in [-0.39, 0.29) is 60.0 Å². The van der Waals surface area contributed by atoms with Gasteiger partial charge in [-0.1, -0.05) is 12.1 Å². The number of imide groups is 2. The third-order valence-electron chi connectivity index (χ3n) is 8.89. The van der Waals surface area contributed by atoms with Crippen molar-refractivity contribution in [3.63, 3.8) is 0 Å². The number of ether oxygens (including phenoxy) is 1. The molecule has 56 heavy (non-hydrogen) atoms. The molecule has 1 fully saturated rings. The number of carbonyl (C=O) groups excluding carboxylic acids is 7. The van der Waals surface area contributed by atoms with Gasteiger partial charge in [0.2, 0.25) is 23.6 Å². The summed E-state index contributed by atoms with van der Waals surface area (Å²) in [6, 6.07) is 10.4. The minimum atomic E-state index is -1.07. The van der Waals surface area contributed by atoms with Gasteiger partial charge in [-0.05, 0) is 43.5 Å². The molecule has 20 heteroatoms. The Morgan fingerprint density at radius 1 is 0.946 bits per heavy atom. The van der Waals surface area contributed by atoms with E-state index in [1.807, 2.05) is 0 Å². The number of aromatic nitrogens is 5. The number of carbonyl (C=O) groups is 7. The molecular weight excluding hydrogens is 728 g/mol. The van der Waals surface area contributed by atoms with Crippen molar-refractivity contribution in [1.29, 1.82) is 0 Å². The molecular formula is C36H38N12O8. The van der Waals surface area contributed by atoms with Crippen LogP contribution in [0.15, 0.2) is 48.8 Å². The van der Waals surface area contributed by atoms with Crippen LogP contribution in [0, 0.1) is 0 Å². The van der Waals surface area contributed by atoms with Crippen LogP contribution >= 0.6 is 0 Å². The fourth-order valence-corrected chi connectivity index (χ4v) is 6.22. The molecule has 20 nitrogen and oxygen atoms in total. The second-order valence-electron chi connectivity index (χ2n) is 12.7. The Hall–Kier alpha value is -7.25. The number of methoxy groups -OCH3 is 1. The van der Waals surface area contributed by atoms with Gasteiger partial charge in [0.25, 0.3) is 17.7 Å². The van der Waals surface area contributed by atoms with Crippen LogP contribution in [0.5, 0.6) is 5.75 Å². The number of anilines is 4. The van der Waals surface area contributed by atoms with E-state index < -0.39 is 41.5 Å². The van der Waals surface area contributed by atoms with E-state index in [4.69, 9.17) is 4.74 Å². The number of fused-ring (bicyclic) bond motifs is 1. The van der Waals surface area contributed by atoms with Crippen LogP contribution in [0.2, 0.25) is 0 Å². The number of piperidine rings is 1. The van der Waals surface area contributed by atoms with Crippen LogP contribution in [0.3, 0.4) is 0 Å². The summed E-state index contributed by atoms with van der Waals surface area (Å²) in [6.07, 6.45) is 2.68. The zero-order chi connectivity index (χ0) is 39.9. The standard InChI is InChI=1S/C36H38N12O8/c1-37-34(53)30-23(41-22-11-7-9-20(31(22)56-3)32-40-18-47(2)46-32)16-25(44-45-30)42-28(51)17-39-26(49)12-4-5-15-38-21-10-6-8-19-29(21)36(55)48(35(19)54)24-13-14-27(50)43-33(24)52/h6-11,16,18,24,38H,4-5,12-15,17H2,1-3H3,(H,37,53)(H,39,49)(H,43,50,52)(H2,41,42,44,51). The normalized spacial score (nSPS) is 14.8. The predicted octanol–water partition coefficient (Wildman–Crippen LogP) is 1.12. The summed E-state index contributed by atoms with van der Waals surface area (Å²) in [7, 11) is 4.66. The maximum atomic E-state index is 13.3. The number of amides is 7. The summed E-state index contributed by atoms with van der Waals surface area (Å²) in [6.45, 7) is 0.00301. The first-order chi connectivity index (χ1) is 27.0. The lowest BCUT2D eigenvalue weighted by atomic mass is 10.0. The third-order valence-corrected chi connectivity index (χ3v) is 8.89. The molecule has 0 spiro atoms. The summed E-state index contributed by atoms with van der Waals surface area (Å²) < 4.78 is 7.21. The van der Waals surface area contributed by atoms with Crippen molar-refractivity contribution < 1.29 is 38.3 Å². The van der Waals surface area contributed by atoms with Gasteiger partial charge in [0, 0.05) is 45.2 Å². The highest BCUT2D eigenvalue weighted by atomic mass is 16.5. The van der Waals surface area contributed by atoms with Crippen LogP contribution in [-0.2, 0) is 26.2 Å². The fraction of sp³-hybridized carbons (Fsp3) is 0.306. The Balaban J connectivity index is 0.993. The molecule has 1 saturated heterocycles. The Bertz CT molecular complexity index is 2240. The third kappa shape index (κ3) is 8.27. The molecule has 2 aliphatic heterocycles. The summed E-state index contributed by atoms with van der Waals surface area (Å²) in [4.78, 5) is 93.4. The van der Waals surface area contributed by atoms with Crippen molar-refractivity contribution in [2.75, 3.05) is 43.2 Å². The number of nitrogens with zero attached hydrogens (tertiary/aromatic N) is 6. The maximum Gasteiger partial charge on any atom is 0.273 e. The summed E-state index contributed by atoms with van der Waals surface area (Å²) >= 11 is 0. The number of benzene rings is 2. The highest BCUT2D eigenvalue weighted by Gasteiger charge is 2.45. The minimum Gasteiger partial charge on any atom is -0.494 e. The largest absolute Gasteiger partial charge is 0.494 e. The molecule has 6 N–H and O–H groups in total. The number of para-hydroxylation sites is 1. The van der Waals surface area contributed by atoms with E-state index >= 15 is 0 Å². The van der Waals surface area contributed by atoms with Crippen LogP contribution < -0.4 is 36.6 Å². The van der Waals surface area contributed by atoms with Gasteiger partial charge in [0.15, 0.2) is 23.1 Å². The zero-order valence-electron chi connectivity index (χ0n) is 30.6. The first-order valence-electron chi connectivity index (χ1n) is 17.5. The Labute approximate surface area is 319 Å². The molecule has 6 rings (SSSR count). The van der Waals surface area contributed by atoms with E-state index in [0.29, 0.717) is 47.9 Å². The van der Waals surface area contributed by atoms with E-state index in [1.165, 1.54) is 26.3 Å². The van der Waals surface area contributed by atoms with Gasteiger partial charge >= 0.3 is 0 Å². The average Bonchev–Trinajstić information content (AvgIpc) is 3.73. The van der Waals surface area contributed by atoms with Crippen molar-refractivity contribution in [2.45, 2.75) is 38.1 Å². The maximum absolute atomic E-state index is 13.3. The number of nitrogens with one attached hydrogen (secondary N) is 6. The second kappa shape index (κ2) is 16.8. The van der Waals surface area contributed by atoms with Crippen molar-refractivity contribution in [2.24, 2.45) is 7.05 Å². The summed E-state index contributed by atoms with van der Waals surface area (Å²) in [5.74, 6) is -3.02. The van der Waals surface area contributed by atoms with E-state index in [9.17, 15) is 33.6 Å². The molecule has 1 atom stereocenters. The molecule has 7 amide bonds. The van der Waals surface area contributed by atoms with Gasteiger partial charge < -0.3 is 31.3 Å². The van der Waals surface area contributed by atoms with Crippen LogP contribution in [0.4, 0.5) is 22.9 Å². The lowest BCUT2D eigenvalue weighted by Crippen LogP contribution is -2.54. The molecule has 4 heterocycles. The molecule has 0 aliphatic carbocycles. The summed E-state index contributed by atoms with van der Waals surface area (Å²) in [5, 5.41) is 28.4. The van der Waals surface area contributed by atoms with Crippen molar-refractivity contribution >= 4 is 64.2 Å². The lowest BCUT2D eigenvalue weighted by molar-refractivity contribution is -0.136. The van der Waals surface area contributed by atoms with Crippen LogP contribution in [0.1, 0.15) is 63.3 Å². The molecule has 0 radical (unpaired) electrons. The quantitative estimate of drug-likeness (QED) is 0.0732. The van der Waals surface area contributed by atoms with Crippen LogP contribution in [0.25, 0.3) is 11.4 Å². The zero-order valence-corrected chi connectivity index (χ0v) is 30.6. The van der Waals surface area contributed by atoms with Gasteiger partial charge in [-0.25, -0.2) is 4.98 Å². The fourth-order valence-electron chi connectivity index (χ4n) is 6.22. The molecule has 290 valence electrons. The van der Waals surface area contributed by atoms with E-state index in [0.717, 1.165) is 4.90 Å². The van der Waals surface area contributed by atoms with Gasteiger partial charge in [0.05, 0.1) is 41.7 Å². The van der Waals surface area contributed by atoms with Crippen molar-refractivity contribution in [3.8, 4) is 17.1 Å². The first kappa shape index (κ1) is 38.5. The SMILES string of the molecule is CNC(=O)c1nnc(NC(=O)CNC(=O)CCCCNc2cccc3c2C(=O)N(C2CCC(=O)NC2=O)C3=O)cc1Nc1cccc(-c2ncn(C)n2)c1OC. The lowest BCUT2D eigenvalue weighted by Gasteiger charge is -2.27. The molecule has 0 bridgehead atoms. The number of aryl methyl sites for hydroxylation is 1. The molecule has 1 unspecified atom stereocenters. The monoisotopic (exact) mass is 766 g/mol. The average molecular weight is 767 g/mol. The molecule has 2 aromatic carbocycles. The smallest absolute Gasteiger partial charge is 0.273 e. The molecule has 0 saturated carbocycles. The Morgan fingerprint density at radius 2 is 1.71 bits per heavy atom. The first-order valence-corrected chi connectivity index (χ1v) is 17.5. The number of hydrogen-bond donors (Lipinski definition) is 6. The molecule has 2 aliphatic rings. The van der Waals surface area contributed by atoms with Gasteiger partial charge in [-0.3, -0.25) is 48.5 Å². The predicted molar refractivity (Wildman–Crippen MR) is 199 cm³/mol. The minimum absolute atomic E-state index is 0.0137. The van der Waals surface area contributed by atoms with Crippen LogP contribution in [-0.4, -0.2) is 105 Å². The van der Waals surface area contributed by atoms with E-state index in [1.54, 1.807) is 48.4 Å². The van der Waals surface area contributed by atoms with Crippen molar-refractivity contribution in [1.82, 2.24) is 45.8 Å². The Morgan fingerprint density at radius 3 is 2.43 bits per heavy atom. The summed E-state index contributed by atoms with van der Waals surface area (Å²) in [5.41, 5.74) is 1.93. The topological polar surface area (TPSA) is 261 Å². The van der Waals surface area contributed by atoms with Gasteiger partial charge in [0.1, 0.15) is 12.4 Å². The Kier molecular flexibility index (Phi) is 11.6. The number of unbranched alkanes of at least 4 members (excludes halogenated alkanes) is 1. The molecule has 2 aromatic heterocycles.